The molecule has 0 saturated carbocycles. The van der Waals surface area contributed by atoms with Gasteiger partial charge in [0.15, 0.2) is 0 Å². The van der Waals surface area contributed by atoms with Crippen LogP contribution in [0.25, 0.3) is 0 Å². The molecule has 0 radical (unpaired) electrons. The molecule has 0 heterocycles. The first kappa shape index (κ1) is 14.7. The number of hydrogen-bond donors (Lipinski definition) is 4. The van der Waals surface area contributed by atoms with Crippen molar-refractivity contribution in [1.29, 1.82) is 0 Å². The van der Waals surface area contributed by atoms with Crippen molar-refractivity contribution in [3.8, 4) is 0 Å². The Balaban J connectivity index is 4.02. The van der Waals surface area contributed by atoms with Crippen LogP contribution in [0.3, 0.4) is 0 Å². The summed E-state index contributed by atoms with van der Waals surface area (Å²) in [7, 11) is 0. The number of rotatable bonds is 8. The lowest BCUT2D eigenvalue weighted by Crippen LogP contribution is -2.55. The van der Waals surface area contributed by atoms with Crippen molar-refractivity contribution < 1.29 is 15.0 Å². The minimum atomic E-state index is -0.755. The van der Waals surface area contributed by atoms with E-state index in [1.165, 1.54) is 11.8 Å². The van der Waals surface area contributed by atoms with Crippen LogP contribution in [0.1, 0.15) is 13.8 Å². The average Bonchev–Trinajstić information content (AvgIpc) is 2.17. The van der Waals surface area contributed by atoms with Gasteiger partial charge >= 0.3 is 0 Å². The third-order valence-corrected chi connectivity index (χ3v) is 3.42. The predicted molar refractivity (Wildman–Crippen MR) is 61.7 cm³/mol. The van der Waals surface area contributed by atoms with Crippen LogP contribution in [-0.4, -0.2) is 52.4 Å². The zero-order valence-electron chi connectivity index (χ0n) is 9.19. The number of amides is 1. The molecule has 0 aromatic heterocycles. The summed E-state index contributed by atoms with van der Waals surface area (Å²) in [5.74, 6) is 0.466. The molecule has 0 saturated heterocycles. The van der Waals surface area contributed by atoms with Gasteiger partial charge in [-0.05, 0) is 13.5 Å². The van der Waals surface area contributed by atoms with Crippen LogP contribution < -0.4 is 11.1 Å². The largest absolute Gasteiger partial charge is 0.394 e. The van der Waals surface area contributed by atoms with E-state index in [-0.39, 0.29) is 6.61 Å². The second-order valence-electron chi connectivity index (χ2n) is 3.58. The van der Waals surface area contributed by atoms with E-state index in [0.29, 0.717) is 18.1 Å². The summed E-state index contributed by atoms with van der Waals surface area (Å²) in [6.07, 6.45) is -0.742. The van der Waals surface area contributed by atoms with Crippen LogP contribution >= 0.6 is 11.8 Å². The number of nitrogens with one attached hydrogen (secondary N) is 1. The quantitative estimate of drug-likeness (QED) is 0.430. The Morgan fingerprint density at radius 3 is 2.67 bits per heavy atom. The van der Waals surface area contributed by atoms with Gasteiger partial charge in [0.25, 0.3) is 0 Å². The van der Waals surface area contributed by atoms with Crippen molar-refractivity contribution >= 4 is 17.7 Å². The molecular formula is C9H20N2O3S. The molecule has 15 heavy (non-hydrogen) atoms. The van der Waals surface area contributed by atoms with E-state index >= 15 is 0 Å². The van der Waals surface area contributed by atoms with Gasteiger partial charge in [0, 0.05) is 11.5 Å². The summed E-state index contributed by atoms with van der Waals surface area (Å²) in [6.45, 7) is 4.02. The number of hydrogen-bond acceptors (Lipinski definition) is 5. The molecule has 6 heteroatoms. The fourth-order valence-corrected chi connectivity index (χ4v) is 2.20. The number of carbonyl (C=O) groups is 1. The smallest absolute Gasteiger partial charge is 0.238 e. The van der Waals surface area contributed by atoms with E-state index in [9.17, 15) is 4.79 Å². The summed E-state index contributed by atoms with van der Waals surface area (Å²) in [4.78, 5) is 11.2. The van der Waals surface area contributed by atoms with Gasteiger partial charge in [0.2, 0.25) is 5.91 Å². The zero-order valence-corrected chi connectivity index (χ0v) is 10.0. The summed E-state index contributed by atoms with van der Waals surface area (Å²) in [5, 5.41) is 20.7. The van der Waals surface area contributed by atoms with Gasteiger partial charge in [-0.2, -0.15) is 11.8 Å². The highest BCUT2D eigenvalue weighted by Gasteiger charge is 2.29. The molecule has 0 aromatic rings. The van der Waals surface area contributed by atoms with Gasteiger partial charge in [-0.15, -0.1) is 0 Å². The molecule has 1 amide bonds. The number of carbonyl (C=O) groups excluding carboxylic acids is 1. The molecule has 5 N–H and O–H groups in total. The van der Waals surface area contributed by atoms with Gasteiger partial charge in [0.05, 0.1) is 12.7 Å². The first-order valence-electron chi connectivity index (χ1n) is 4.88. The maximum absolute atomic E-state index is 11.2. The summed E-state index contributed by atoms with van der Waals surface area (Å²) >= 11 is 1.39. The maximum Gasteiger partial charge on any atom is 0.238 e. The number of primary amides is 1. The van der Waals surface area contributed by atoms with Crippen LogP contribution in [0.4, 0.5) is 0 Å². The Bertz CT molecular complexity index is 204. The van der Waals surface area contributed by atoms with Crippen molar-refractivity contribution in [3.05, 3.63) is 0 Å². The highest BCUT2D eigenvalue weighted by molar-refractivity contribution is 7.99. The van der Waals surface area contributed by atoms with Crippen molar-refractivity contribution in [2.24, 2.45) is 5.73 Å². The van der Waals surface area contributed by atoms with Gasteiger partial charge in [-0.25, -0.2) is 0 Å². The van der Waals surface area contributed by atoms with Gasteiger partial charge in [-0.1, -0.05) is 6.92 Å². The standard InChI is InChI=1S/C9H20N2O3S/c1-3-11-9(2,8(10)14)6-15-5-7(13)4-12/h7,11-13H,3-6H2,1-2H3,(H2,10,14). The van der Waals surface area contributed by atoms with Crippen LogP contribution in [-0.2, 0) is 4.79 Å². The lowest BCUT2D eigenvalue weighted by Gasteiger charge is -2.26. The zero-order chi connectivity index (χ0) is 11.9. The number of aliphatic hydroxyl groups excluding tert-OH is 2. The second kappa shape index (κ2) is 7.05. The van der Waals surface area contributed by atoms with Crippen molar-refractivity contribution in [2.45, 2.75) is 25.5 Å². The number of thioether (sulfide) groups is 1. The lowest BCUT2D eigenvalue weighted by molar-refractivity contribution is -0.122. The maximum atomic E-state index is 11.2. The molecule has 0 bridgehead atoms. The molecule has 0 spiro atoms. The fourth-order valence-electron chi connectivity index (χ4n) is 1.05. The highest BCUT2D eigenvalue weighted by atomic mass is 32.2. The van der Waals surface area contributed by atoms with Gasteiger partial charge in [-0.3, -0.25) is 4.79 Å². The minimum absolute atomic E-state index is 0.262. The second-order valence-corrected chi connectivity index (χ2v) is 4.61. The third kappa shape index (κ3) is 5.36. The molecule has 90 valence electrons. The Morgan fingerprint density at radius 2 is 2.27 bits per heavy atom. The van der Waals surface area contributed by atoms with Crippen LogP contribution in [0.2, 0.25) is 0 Å². The van der Waals surface area contributed by atoms with E-state index in [1.54, 1.807) is 6.92 Å². The molecule has 0 fully saturated rings. The molecular weight excluding hydrogens is 216 g/mol. The molecule has 2 atom stereocenters. The van der Waals surface area contributed by atoms with E-state index in [4.69, 9.17) is 15.9 Å². The Morgan fingerprint density at radius 1 is 1.67 bits per heavy atom. The number of aliphatic hydroxyl groups is 2. The van der Waals surface area contributed by atoms with Crippen LogP contribution in [0.5, 0.6) is 0 Å². The molecule has 0 aromatic carbocycles. The van der Waals surface area contributed by atoms with E-state index in [1.807, 2.05) is 6.92 Å². The Kier molecular flexibility index (Phi) is 6.91. The molecule has 5 nitrogen and oxygen atoms in total. The molecule has 0 aliphatic rings. The molecule has 0 aliphatic heterocycles. The van der Waals surface area contributed by atoms with E-state index < -0.39 is 17.6 Å². The summed E-state index contributed by atoms with van der Waals surface area (Å²) in [5.41, 5.74) is 4.52. The monoisotopic (exact) mass is 236 g/mol. The lowest BCUT2D eigenvalue weighted by atomic mass is 10.1. The normalized spacial score (nSPS) is 17.1. The van der Waals surface area contributed by atoms with Gasteiger partial charge in [0.1, 0.15) is 5.54 Å². The number of likely N-dealkylation sites (N-methyl/N-ethyl adjacent to an activating group) is 1. The SMILES string of the molecule is CCNC(C)(CSCC(O)CO)C(N)=O. The molecule has 0 aliphatic carbocycles. The molecule has 2 unspecified atom stereocenters. The Labute approximate surface area is 94.4 Å². The Hall–Kier alpha value is -0.300. The van der Waals surface area contributed by atoms with Gasteiger partial charge < -0.3 is 21.3 Å². The number of nitrogens with two attached hydrogens (primary N) is 1. The summed E-state index contributed by atoms with van der Waals surface area (Å²) < 4.78 is 0. The fraction of sp³-hybridized carbons (Fsp3) is 0.889. The minimum Gasteiger partial charge on any atom is -0.394 e. The van der Waals surface area contributed by atoms with Crippen molar-refractivity contribution in [3.63, 3.8) is 0 Å². The third-order valence-electron chi connectivity index (χ3n) is 2.02. The van der Waals surface area contributed by atoms with E-state index in [0.717, 1.165) is 0 Å². The average molecular weight is 236 g/mol. The molecule has 0 rings (SSSR count). The highest BCUT2D eigenvalue weighted by Crippen LogP contribution is 2.13. The van der Waals surface area contributed by atoms with E-state index in [2.05, 4.69) is 5.32 Å². The topological polar surface area (TPSA) is 95.6 Å². The van der Waals surface area contributed by atoms with Crippen molar-refractivity contribution in [1.82, 2.24) is 5.32 Å². The van der Waals surface area contributed by atoms with Crippen LogP contribution in [0, 0.1) is 0 Å². The first-order chi connectivity index (χ1) is 6.96. The first-order valence-corrected chi connectivity index (χ1v) is 6.03. The van der Waals surface area contributed by atoms with Crippen molar-refractivity contribution in [2.75, 3.05) is 24.7 Å². The van der Waals surface area contributed by atoms with Crippen LogP contribution in [0.15, 0.2) is 0 Å². The summed E-state index contributed by atoms with van der Waals surface area (Å²) in [6, 6.07) is 0. The predicted octanol–water partition coefficient (Wildman–Crippen LogP) is -1.07.